The van der Waals surface area contributed by atoms with Gasteiger partial charge < -0.3 is 10.3 Å². The Bertz CT molecular complexity index is 1660. The number of nitrogens with one attached hydrogen (secondary N) is 2. The van der Waals surface area contributed by atoms with E-state index < -0.39 is 0 Å². The van der Waals surface area contributed by atoms with E-state index in [-0.39, 0.29) is 24.1 Å². The van der Waals surface area contributed by atoms with Crippen molar-refractivity contribution in [2.24, 2.45) is 0 Å². The molecule has 1 aromatic carbocycles. The highest BCUT2D eigenvalue weighted by Crippen LogP contribution is 2.30. The normalized spacial score (nSPS) is 11.6. The summed E-state index contributed by atoms with van der Waals surface area (Å²) in [6, 6.07) is 9.15. The average molecular weight is 472 g/mol. The molecule has 10 heteroatoms. The van der Waals surface area contributed by atoms with Gasteiger partial charge in [-0.3, -0.25) is 9.59 Å². The molecule has 4 aromatic heterocycles. The van der Waals surface area contributed by atoms with Crippen molar-refractivity contribution in [2.45, 2.75) is 47.2 Å². The van der Waals surface area contributed by atoms with Crippen LogP contribution in [0.3, 0.4) is 0 Å². The predicted octanol–water partition coefficient (Wildman–Crippen LogP) is 3.76. The largest absolute Gasteiger partial charge is 0.348 e. The van der Waals surface area contributed by atoms with Crippen LogP contribution in [0.1, 0.15) is 52.8 Å². The molecule has 0 aliphatic rings. The summed E-state index contributed by atoms with van der Waals surface area (Å²) < 4.78 is 6.63. The highest BCUT2D eigenvalue weighted by Gasteiger charge is 2.22. The van der Waals surface area contributed by atoms with Gasteiger partial charge in [0.15, 0.2) is 5.65 Å². The molecule has 0 atom stereocenters. The molecule has 0 aliphatic heterocycles. The van der Waals surface area contributed by atoms with Gasteiger partial charge >= 0.3 is 0 Å². The Morgan fingerprint density at radius 2 is 1.89 bits per heavy atom. The van der Waals surface area contributed by atoms with Crippen LogP contribution in [-0.2, 0) is 6.54 Å². The Balaban J connectivity index is 1.61. The van der Waals surface area contributed by atoms with Crippen LogP contribution in [-0.4, -0.2) is 36.0 Å². The summed E-state index contributed by atoms with van der Waals surface area (Å²) >= 11 is 0. The van der Waals surface area contributed by atoms with Crippen LogP contribution in [0, 0.1) is 20.8 Å². The summed E-state index contributed by atoms with van der Waals surface area (Å²) in [7, 11) is 0. The van der Waals surface area contributed by atoms with Crippen molar-refractivity contribution in [3.8, 4) is 11.3 Å². The first-order chi connectivity index (χ1) is 16.7. The van der Waals surface area contributed by atoms with Gasteiger partial charge in [-0.15, -0.1) is 0 Å². The van der Waals surface area contributed by atoms with Gasteiger partial charge in [0.2, 0.25) is 0 Å². The molecule has 0 spiro atoms. The molecule has 0 saturated heterocycles. The molecule has 0 bridgehead atoms. The molecule has 0 radical (unpaired) electrons. The number of carbonyl (C=O) groups excluding carboxylic acids is 1. The van der Waals surface area contributed by atoms with Gasteiger partial charge in [0.1, 0.15) is 11.0 Å². The lowest BCUT2D eigenvalue weighted by Crippen LogP contribution is -2.28. The first-order valence-electron chi connectivity index (χ1n) is 11.3. The summed E-state index contributed by atoms with van der Waals surface area (Å²) in [6.45, 7) is 9.68. The quantitative estimate of drug-likeness (QED) is 0.399. The lowest BCUT2D eigenvalue weighted by molar-refractivity contribution is 0.0952. The minimum Gasteiger partial charge on any atom is -0.348 e. The van der Waals surface area contributed by atoms with E-state index in [0.29, 0.717) is 44.6 Å². The number of amides is 1. The maximum Gasteiger partial charge on any atom is 0.253 e. The van der Waals surface area contributed by atoms with Gasteiger partial charge in [0, 0.05) is 29.4 Å². The monoisotopic (exact) mass is 471 g/mol. The fraction of sp³-hybridized carbons (Fsp3) is 0.280. The number of pyridine rings is 2. The summed E-state index contributed by atoms with van der Waals surface area (Å²) in [6.07, 6.45) is 0. The Hall–Kier alpha value is -4.34. The second kappa shape index (κ2) is 8.46. The number of fused-ring (bicyclic) bond motifs is 2. The van der Waals surface area contributed by atoms with Gasteiger partial charge in [-0.2, -0.15) is 5.10 Å². The van der Waals surface area contributed by atoms with Gasteiger partial charge in [-0.1, -0.05) is 6.07 Å². The zero-order valence-electron chi connectivity index (χ0n) is 20.1. The molecular formula is C25H25N7O3. The maximum atomic E-state index is 13.5. The van der Waals surface area contributed by atoms with Crippen molar-refractivity contribution < 1.29 is 9.42 Å². The summed E-state index contributed by atoms with van der Waals surface area (Å²) in [5.41, 5.74) is 6.27. The minimum absolute atomic E-state index is 0.0425. The third-order valence-electron chi connectivity index (χ3n) is 6.04. The fourth-order valence-electron chi connectivity index (χ4n) is 4.31. The first kappa shape index (κ1) is 22.5. The van der Waals surface area contributed by atoms with Crippen LogP contribution in [0.4, 0.5) is 0 Å². The Kier molecular flexibility index (Phi) is 5.43. The first-order valence-corrected chi connectivity index (χ1v) is 11.3. The van der Waals surface area contributed by atoms with Crippen molar-refractivity contribution in [3.63, 3.8) is 0 Å². The smallest absolute Gasteiger partial charge is 0.253 e. The minimum atomic E-state index is -0.311. The molecule has 0 aliphatic carbocycles. The number of carbonyl (C=O) groups is 1. The lowest BCUT2D eigenvalue weighted by atomic mass is 10.0. The molecule has 2 N–H and O–H groups in total. The van der Waals surface area contributed by atoms with Crippen LogP contribution < -0.4 is 10.9 Å². The van der Waals surface area contributed by atoms with Crippen molar-refractivity contribution in [2.75, 3.05) is 0 Å². The number of benzene rings is 1. The maximum absolute atomic E-state index is 13.5. The Morgan fingerprint density at radius 1 is 1.11 bits per heavy atom. The molecule has 10 nitrogen and oxygen atoms in total. The van der Waals surface area contributed by atoms with Crippen LogP contribution in [0.25, 0.3) is 33.3 Å². The van der Waals surface area contributed by atoms with Crippen LogP contribution in [0.15, 0.2) is 39.8 Å². The number of aromatic nitrogens is 6. The van der Waals surface area contributed by atoms with E-state index >= 15 is 0 Å². The molecule has 178 valence electrons. The molecule has 0 fully saturated rings. The lowest BCUT2D eigenvalue weighted by Gasteiger charge is -2.12. The average Bonchev–Trinajstić information content (AvgIpc) is 3.41. The SMILES string of the molecule is Cc1cc(C)c(CNC(=O)c2cc(-c3ccc4nonc4c3)nc3c2c(C)nn3C(C)C)c(=O)[nH]1. The van der Waals surface area contributed by atoms with E-state index in [0.717, 1.165) is 16.8 Å². The standard InChI is InChI=1S/C25H25N7O3/c1-12(2)32-23-22(15(5)29-32)17(24(33)26-11-18-13(3)8-14(4)27-25(18)34)10-20(28-23)16-6-7-19-21(9-16)31-35-30-19/h6-10,12H,11H2,1-5H3,(H,26,33)(H,27,34). The second-order valence-corrected chi connectivity index (χ2v) is 8.97. The van der Waals surface area contributed by atoms with Crippen LogP contribution >= 0.6 is 0 Å². The van der Waals surface area contributed by atoms with Crippen molar-refractivity contribution in [3.05, 3.63) is 68.8 Å². The second-order valence-electron chi connectivity index (χ2n) is 8.97. The van der Waals surface area contributed by atoms with Gasteiger partial charge in [-0.25, -0.2) is 14.3 Å². The van der Waals surface area contributed by atoms with Crippen LogP contribution in [0.2, 0.25) is 0 Å². The number of rotatable bonds is 5. The zero-order valence-corrected chi connectivity index (χ0v) is 20.1. The molecule has 5 aromatic rings. The number of nitrogens with zero attached hydrogens (tertiary/aromatic N) is 5. The highest BCUT2D eigenvalue weighted by molar-refractivity contribution is 6.07. The van der Waals surface area contributed by atoms with E-state index in [9.17, 15) is 9.59 Å². The molecule has 0 saturated carbocycles. The van der Waals surface area contributed by atoms with Gasteiger partial charge in [-0.05, 0) is 74.8 Å². The van der Waals surface area contributed by atoms with Crippen molar-refractivity contribution in [1.29, 1.82) is 0 Å². The Labute approximate surface area is 200 Å². The molecule has 35 heavy (non-hydrogen) atoms. The summed E-state index contributed by atoms with van der Waals surface area (Å²) in [5.74, 6) is -0.311. The Morgan fingerprint density at radius 3 is 2.63 bits per heavy atom. The number of hydrogen-bond donors (Lipinski definition) is 2. The number of aromatic amines is 1. The number of aryl methyl sites for hydroxylation is 3. The van der Waals surface area contributed by atoms with E-state index in [4.69, 9.17) is 9.61 Å². The summed E-state index contributed by atoms with van der Waals surface area (Å²) in [4.78, 5) is 33.6. The van der Waals surface area contributed by atoms with Gasteiger partial charge in [0.05, 0.1) is 22.3 Å². The number of H-pyrrole nitrogens is 1. The number of hydrogen-bond acceptors (Lipinski definition) is 7. The topological polar surface area (TPSA) is 132 Å². The molecule has 0 unspecified atom stereocenters. The molecular weight excluding hydrogens is 446 g/mol. The molecule has 5 rings (SSSR count). The van der Waals surface area contributed by atoms with E-state index in [2.05, 4.69) is 25.7 Å². The summed E-state index contributed by atoms with van der Waals surface area (Å²) in [5, 5.41) is 16.0. The molecule has 1 amide bonds. The van der Waals surface area contributed by atoms with Crippen LogP contribution in [0.5, 0.6) is 0 Å². The van der Waals surface area contributed by atoms with E-state index in [1.165, 1.54) is 0 Å². The zero-order chi connectivity index (χ0) is 24.9. The van der Waals surface area contributed by atoms with E-state index in [1.54, 1.807) is 12.1 Å². The third kappa shape index (κ3) is 3.96. The van der Waals surface area contributed by atoms with Crippen molar-refractivity contribution in [1.82, 2.24) is 35.4 Å². The highest BCUT2D eigenvalue weighted by atomic mass is 16.6. The van der Waals surface area contributed by atoms with Gasteiger partial charge in [0.25, 0.3) is 11.5 Å². The third-order valence-corrected chi connectivity index (χ3v) is 6.04. The van der Waals surface area contributed by atoms with Crippen molar-refractivity contribution >= 4 is 28.0 Å². The van der Waals surface area contributed by atoms with E-state index in [1.807, 2.05) is 57.5 Å². The predicted molar refractivity (Wildman–Crippen MR) is 131 cm³/mol. The fourth-order valence-corrected chi connectivity index (χ4v) is 4.31. The molecule has 4 heterocycles.